The largest absolute Gasteiger partial charge is 0.497 e. The summed E-state index contributed by atoms with van der Waals surface area (Å²) in [4.78, 5) is 6.82. The summed E-state index contributed by atoms with van der Waals surface area (Å²) in [5.41, 5.74) is 6.57. The lowest BCUT2D eigenvalue weighted by molar-refractivity contribution is 0.358. The predicted molar refractivity (Wildman–Crippen MR) is 120 cm³/mol. The number of nitrogens with one attached hydrogen (secondary N) is 1. The molecule has 2 aromatic carbocycles. The number of ether oxygens (including phenoxy) is 1. The second-order valence-electron chi connectivity index (χ2n) is 7.60. The van der Waals surface area contributed by atoms with E-state index in [1.807, 2.05) is 36.5 Å². The van der Waals surface area contributed by atoms with Gasteiger partial charge in [-0.05, 0) is 60.5 Å². The minimum atomic E-state index is -0.211. The lowest BCUT2D eigenvalue weighted by Gasteiger charge is -2.28. The van der Waals surface area contributed by atoms with Gasteiger partial charge in [0.1, 0.15) is 17.7 Å². The fourth-order valence-corrected chi connectivity index (χ4v) is 4.01. The van der Waals surface area contributed by atoms with E-state index in [9.17, 15) is 4.39 Å². The van der Waals surface area contributed by atoms with Gasteiger partial charge in [-0.1, -0.05) is 24.3 Å². The number of halogens is 1. The minimum Gasteiger partial charge on any atom is -0.497 e. The Morgan fingerprint density at radius 2 is 1.97 bits per heavy atom. The Hall–Kier alpha value is -3.86. The number of aromatic nitrogens is 1. The standard InChI is InChI=1S/C26H22FN3O/c1-17-13-18(9-11-24(17)27)25-23(7-4-12-28-25)20-8-10-21-15-29-26(30(21)16-20)19-5-3-6-22(14-19)31-2/h3-16,26,29H,1-2H3. The van der Waals surface area contributed by atoms with Crippen molar-refractivity contribution in [2.75, 3.05) is 7.11 Å². The average Bonchev–Trinajstić information content (AvgIpc) is 3.24. The third kappa shape index (κ3) is 3.48. The van der Waals surface area contributed by atoms with E-state index in [-0.39, 0.29) is 12.0 Å². The van der Waals surface area contributed by atoms with Gasteiger partial charge in [0.25, 0.3) is 0 Å². The van der Waals surface area contributed by atoms with Crippen LogP contribution in [0, 0.1) is 12.7 Å². The third-order valence-corrected chi connectivity index (χ3v) is 5.64. The molecule has 0 saturated carbocycles. The molecule has 3 aromatic rings. The molecule has 1 atom stereocenters. The maximum absolute atomic E-state index is 13.8. The molecule has 2 aliphatic rings. The summed E-state index contributed by atoms with van der Waals surface area (Å²) in [6, 6.07) is 17.2. The van der Waals surface area contributed by atoms with Crippen LogP contribution in [0.4, 0.5) is 4.39 Å². The van der Waals surface area contributed by atoms with Gasteiger partial charge in [-0.3, -0.25) is 4.98 Å². The van der Waals surface area contributed by atoms with Gasteiger partial charge in [-0.25, -0.2) is 4.39 Å². The first kappa shape index (κ1) is 19.1. The Kier molecular flexibility index (Phi) is 4.79. The van der Waals surface area contributed by atoms with Crippen molar-refractivity contribution >= 4 is 5.57 Å². The molecule has 0 aliphatic carbocycles. The Morgan fingerprint density at radius 3 is 2.81 bits per heavy atom. The molecule has 5 rings (SSSR count). The van der Waals surface area contributed by atoms with Crippen LogP contribution in [0.3, 0.4) is 0 Å². The summed E-state index contributed by atoms with van der Waals surface area (Å²) < 4.78 is 19.2. The monoisotopic (exact) mass is 411 g/mol. The molecule has 5 heteroatoms. The maximum Gasteiger partial charge on any atom is 0.129 e. The van der Waals surface area contributed by atoms with E-state index in [4.69, 9.17) is 4.74 Å². The number of hydrogen-bond acceptors (Lipinski definition) is 4. The molecule has 0 bridgehead atoms. The lowest BCUT2D eigenvalue weighted by Crippen LogP contribution is -2.25. The van der Waals surface area contributed by atoms with Crippen molar-refractivity contribution in [1.29, 1.82) is 0 Å². The highest BCUT2D eigenvalue weighted by Crippen LogP contribution is 2.37. The number of benzene rings is 2. The van der Waals surface area contributed by atoms with Crippen molar-refractivity contribution in [3.63, 3.8) is 0 Å². The summed E-state index contributed by atoms with van der Waals surface area (Å²) in [5.74, 6) is 0.614. The van der Waals surface area contributed by atoms with Crippen LogP contribution in [0.1, 0.15) is 22.9 Å². The van der Waals surface area contributed by atoms with Gasteiger partial charge in [-0.2, -0.15) is 0 Å². The summed E-state index contributed by atoms with van der Waals surface area (Å²) >= 11 is 0. The molecule has 0 radical (unpaired) electrons. The number of pyridine rings is 1. The van der Waals surface area contributed by atoms with Gasteiger partial charge >= 0.3 is 0 Å². The molecule has 1 unspecified atom stereocenters. The van der Waals surface area contributed by atoms with Gasteiger partial charge in [-0.15, -0.1) is 0 Å². The second-order valence-corrected chi connectivity index (χ2v) is 7.60. The van der Waals surface area contributed by atoms with E-state index < -0.39 is 0 Å². The summed E-state index contributed by atoms with van der Waals surface area (Å²) in [6.07, 6.45) is 10.1. The zero-order chi connectivity index (χ0) is 21.4. The van der Waals surface area contributed by atoms with Crippen molar-refractivity contribution < 1.29 is 9.13 Å². The predicted octanol–water partition coefficient (Wildman–Crippen LogP) is 5.56. The topological polar surface area (TPSA) is 37.4 Å². The SMILES string of the molecule is COc1cccc(C2NC=C3C=CC(c4cccnc4-c4ccc(F)c(C)c4)=CN32)c1. The van der Waals surface area contributed by atoms with E-state index in [2.05, 4.69) is 45.7 Å². The van der Waals surface area contributed by atoms with Crippen molar-refractivity contribution in [1.82, 2.24) is 15.2 Å². The highest BCUT2D eigenvalue weighted by atomic mass is 19.1. The number of nitrogens with zero attached hydrogens (tertiary/aromatic N) is 2. The van der Waals surface area contributed by atoms with Crippen molar-refractivity contribution in [3.05, 3.63) is 114 Å². The second kappa shape index (κ2) is 7.76. The fraction of sp³-hybridized carbons (Fsp3) is 0.115. The maximum atomic E-state index is 13.8. The van der Waals surface area contributed by atoms with Crippen LogP contribution in [0.5, 0.6) is 5.75 Å². The first-order valence-corrected chi connectivity index (χ1v) is 10.1. The molecule has 31 heavy (non-hydrogen) atoms. The number of hydrogen-bond donors (Lipinski definition) is 1. The zero-order valence-electron chi connectivity index (χ0n) is 17.3. The van der Waals surface area contributed by atoms with Crippen molar-refractivity contribution in [3.8, 4) is 17.0 Å². The molecule has 4 nitrogen and oxygen atoms in total. The molecule has 0 spiro atoms. The Bertz CT molecular complexity index is 1240. The summed E-state index contributed by atoms with van der Waals surface area (Å²) in [5, 5.41) is 3.45. The average molecular weight is 411 g/mol. The Morgan fingerprint density at radius 1 is 1.06 bits per heavy atom. The van der Waals surface area contributed by atoms with E-state index in [1.54, 1.807) is 26.3 Å². The number of aryl methyl sites for hydroxylation is 1. The Labute approximate surface area is 181 Å². The molecule has 154 valence electrons. The smallest absolute Gasteiger partial charge is 0.129 e. The first-order valence-electron chi connectivity index (χ1n) is 10.1. The van der Waals surface area contributed by atoms with Crippen LogP contribution in [-0.2, 0) is 0 Å². The van der Waals surface area contributed by atoms with E-state index >= 15 is 0 Å². The molecule has 0 saturated heterocycles. The van der Waals surface area contributed by atoms with Gasteiger partial charge < -0.3 is 15.0 Å². The quantitative estimate of drug-likeness (QED) is 0.610. The van der Waals surface area contributed by atoms with Crippen molar-refractivity contribution in [2.45, 2.75) is 13.1 Å². The first-order chi connectivity index (χ1) is 15.1. The molecule has 1 N–H and O–H groups in total. The highest BCUT2D eigenvalue weighted by molar-refractivity contribution is 5.85. The van der Waals surface area contributed by atoms with Crippen LogP contribution in [0.2, 0.25) is 0 Å². The molecule has 1 aromatic heterocycles. The van der Waals surface area contributed by atoms with E-state index in [0.717, 1.165) is 39.4 Å². The Balaban J connectivity index is 1.54. The van der Waals surface area contributed by atoms with Gasteiger partial charge in [0.15, 0.2) is 0 Å². The van der Waals surface area contributed by atoms with Crippen LogP contribution >= 0.6 is 0 Å². The normalized spacial score (nSPS) is 17.0. The molecular weight excluding hydrogens is 389 g/mol. The van der Waals surface area contributed by atoms with Crippen LogP contribution in [0.15, 0.2) is 91.0 Å². The molecule has 3 heterocycles. The zero-order valence-corrected chi connectivity index (χ0v) is 17.3. The van der Waals surface area contributed by atoms with Crippen LogP contribution in [0.25, 0.3) is 16.8 Å². The number of fused-ring (bicyclic) bond motifs is 1. The van der Waals surface area contributed by atoms with Gasteiger partial charge in [0, 0.05) is 35.3 Å². The molecule has 2 aliphatic heterocycles. The molecule has 0 fully saturated rings. The number of allylic oxidation sites excluding steroid dienone is 3. The fourth-order valence-electron chi connectivity index (χ4n) is 4.01. The van der Waals surface area contributed by atoms with Crippen LogP contribution < -0.4 is 10.1 Å². The van der Waals surface area contributed by atoms with Gasteiger partial charge in [0.05, 0.1) is 18.5 Å². The summed E-state index contributed by atoms with van der Waals surface area (Å²) in [6.45, 7) is 1.77. The molecule has 0 amide bonds. The highest BCUT2D eigenvalue weighted by Gasteiger charge is 2.27. The minimum absolute atomic E-state index is 0.0294. The summed E-state index contributed by atoms with van der Waals surface area (Å²) in [7, 11) is 1.67. The lowest BCUT2D eigenvalue weighted by atomic mass is 9.97. The number of methoxy groups -OCH3 is 1. The molecular formula is C26H22FN3O. The van der Waals surface area contributed by atoms with Crippen LogP contribution in [-0.4, -0.2) is 17.0 Å². The number of rotatable bonds is 4. The van der Waals surface area contributed by atoms with Crippen molar-refractivity contribution in [2.24, 2.45) is 0 Å². The van der Waals surface area contributed by atoms with Gasteiger partial charge in [0.2, 0.25) is 0 Å². The van der Waals surface area contributed by atoms with E-state index in [0.29, 0.717) is 5.56 Å². The third-order valence-electron chi connectivity index (χ3n) is 5.64. The van der Waals surface area contributed by atoms with E-state index in [1.165, 1.54) is 6.07 Å².